The second kappa shape index (κ2) is 5.29. The summed E-state index contributed by atoms with van der Waals surface area (Å²) in [6.45, 7) is 0.820. The molecule has 0 saturated heterocycles. The van der Waals surface area contributed by atoms with Crippen LogP contribution in [-0.2, 0) is 0 Å². The highest BCUT2D eigenvalue weighted by molar-refractivity contribution is 6.18. The fourth-order valence-corrected chi connectivity index (χ4v) is 2.62. The first-order chi connectivity index (χ1) is 9.29. The van der Waals surface area contributed by atoms with E-state index in [0.717, 1.165) is 12.8 Å². The zero-order valence-electron chi connectivity index (χ0n) is 10.6. The first-order valence-electron chi connectivity index (χ1n) is 6.56. The number of rotatable bonds is 4. The molecule has 0 N–H and O–H groups in total. The van der Waals surface area contributed by atoms with Gasteiger partial charge in [-0.3, -0.25) is 4.79 Å². The minimum atomic E-state index is 0.0312. The van der Waals surface area contributed by atoms with Gasteiger partial charge in [0.1, 0.15) is 0 Å². The number of carbonyl (C=O) groups excluding carboxylic acids is 1. The van der Waals surface area contributed by atoms with Crippen molar-refractivity contribution in [1.29, 1.82) is 0 Å². The summed E-state index contributed by atoms with van der Waals surface area (Å²) < 4.78 is 10.6. The molecule has 1 heterocycles. The van der Waals surface area contributed by atoms with Crippen LogP contribution in [0, 0.1) is 0 Å². The van der Waals surface area contributed by atoms with Crippen LogP contribution in [0.5, 0.6) is 11.5 Å². The van der Waals surface area contributed by atoms with Gasteiger partial charge >= 0.3 is 0 Å². The second-order valence-corrected chi connectivity index (χ2v) is 5.22. The maximum atomic E-state index is 12.5. The Kier molecular flexibility index (Phi) is 3.51. The third-order valence-corrected chi connectivity index (χ3v) is 3.89. The van der Waals surface area contributed by atoms with Crippen molar-refractivity contribution in [3.63, 3.8) is 0 Å². The molecule has 1 aromatic rings. The quantitative estimate of drug-likeness (QED) is 0.797. The Bertz CT molecular complexity index is 488. The van der Waals surface area contributed by atoms with Gasteiger partial charge in [0, 0.05) is 24.0 Å². The standard InChI is InChI=1S/C14H16ClNO3/c15-6-7-16(11-2-1-3-11)14(17)10-4-5-12-13(8-10)19-9-18-12/h4-5,8,11H,1-3,6-7,9H2. The van der Waals surface area contributed by atoms with Crippen molar-refractivity contribution in [2.45, 2.75) is 25.3 Å². The molecule has 0 bridgehead atoms. The Morgan fingerprint density at radius 3 is 2.79 bits per heavy atom. The van der Waals surface area contributed by atoms with Crippen molar-refractivity contribution in [2.75, 3.05) is 19.2 Å². The summed E-state index contributed by atoms with van der Waals surface area (Å²) in [4.78, 5) is 14.4. The number of fused-ring (bicyclic) bond motifs is 1. The number of ether oxygens (including phenoxy) is 2. The number of nitrogens with zero attached hydrogens (tertiary/aromatic N) is 1. The van der Waals surface area contributed by atoms with Crippen LogP contribution in [0.4, 0.5) is 0 Å². The fraction of sp³-hybridized carbons (Fsp3) is 0.500. The number of carbonyl (C=O) groups is 1. The molecule has 0 aromatic heterocycles. The molecular formula is C14H16ClNO3. The molecule has 1 amide bonds. The number of alkyl halides is 1. The monoisotopic (exact) mass is 281 g/mol. The van der Waals surface area contributed by atoms with E-state index in [0.29, 0.717) is 35.5 Å². The summed E-state index contributed by atoms with van der Waals surface area (Å²) >= 11 is 5.81. The molecule has 1 saturated carbocycles. The van der Waals surface area contributed by atoms with Crippen molar-refractivity contribution in [2.24, 2.45) is 0 Å². The number of hydrogen-bond donors (Lipinski definition) is 0. The van der Waals surface area contributed by atoms with E-state index >= 15 is 0 Å². The molecule has 1 fully saturated rings. The van der Waals surface area contributed by atoms with Gasteiger partial charge in [-0.25, -0.2) is 0 Å². The molecule has 3 rings (SSSR count). The number of hydrogen-bond acceptors (Lipinski definition) is 3. The first kappa shape index (κ1) is 12.6. The van der Waals surface area contributed by atoms with E-state index in [1.807, 2.05) is 4.90 Å². The van der Waals surface area contributed by atoms with Gasteiger partial charge in [-0.2, -0.15) is 0 Å². The predicted molar refractivity (Wildman–Crippen MR) is 72.0 cm³/mol. The largest absolute Gasteiger partial charge is 0.454 e. The molecule has 19 heavy (non-hydrogen) atoms. The minimum Gasteiger partial charge on any atom is -0.454 e. The van der Waals surface area contributed by atoms with Crippen LogP contribution in [0.2, 0.25) is 0 Å². The molecule has 1 aromatic carbocycles. The summed E-state index contributed by atoms with van der Waals surface area (Å²) in [7, 11) is 0. The normalized spacial score (nSPS) is 17.1. The number of benzene rings is 1. The SMILES string of the molecule is O=C(c1ccc2c(c1)OCO2)N(CCCl)C1CCC1. The van der Waals surface area contributed by atoms with Gasteiger partial charge < -0.3 is 14.4 Å². The fourth-order valence-electron chi connectivity index (χ4n) is 2.43. The van der Waals surface area contributed by atoms with Gasteiger partial charge in [0.05, 0.1) is 0 Å². The molecule has 1 aliphatic carbocycles. The van der Waals surface area contributed by atoms with Crippen molar-refractivity contribution in [3.8, 4) is 11.5 Å². The number of halogens is 1. The van der Waals surface area contributed by atoms with Gasteiger partial charge in [-0.05, 0) is 37.5 Å². The molecule has 0 spiro atoms. The molecule has 102 valence electrons. The van der Waals surface area contributed by atoms with Crippen LogP contribution in [0.1, 0.15) is 29.6 Å². The Balaban J connectivity index is 1.81. The summed E-state index contributed by atoms with van der Waals surface area (Å²) in [5, 5.41) is 0. The highest BCUT2D eigenvalue weighted by Gasteiger charge is 2.29. The molecule has 1 aliphatic heterocycles. The minimum absolute atomic E-state index is 0.0312. The lowest BCUT2D eigenvalue weighted by Gasteiger charge is -2.37. The molecule has 4 nitrogen and oxygen atoms in total. The van der Waals surface area contributed by atoms with Gasteiger partial charge in [0.15, 0.2) is 11.5 Å². The van der Waals surface area contributed by atoms with Crippen LogP contribution in [0.15, 0.2) is 18.2 Å². The van der Waals surface area contributed by atoms with E-state index in [1.54, 1.807) is 18.2 Å². The summed E-state index contributed by atoms with van der Waals surface area (Å²) in [5.74, 6) is 1.84. The van der Waals surface area contributed by atoms with Gasteiger partial charge in [-0.1, -0.05) is 0 Å². The number of amides is 1. The maximum Gasteiger partial charge on any atom is 0.254 e. The van der Waals surface area contributed by atoms with E-state index in [9.17, 15) is 4.79 Å². The Morgan fingerprint density at radius 1 is 1.32 bits per heavy atom. The van der Waals surface area contributed by atoms with Crippen molar-refractivity contribution in [3.05, 3.63) is 23.8 Å². The van der Waals surface area contributed by atoms with Crippen LogP contribution in [-0.4, -0.2) is 36.1 Å². The first-order valence-corrected chi connectivity index (χ1v) is 7.09. The van der Waals surface area contributed by atoms with E-state index in [4.69, 9.17) is 21.1 Å². The van der Waals surface area contributed by atoms with Crippen molar-refractivity contribution >= 4 is 17.5 Å². The lowest BCUT2D eigenvalue weighted by Crippen LogP contribution is -2.45. The highest BCUT2D eigenvalue weighted by atomic mass is 35.5. The molecule has 0 unspecified atom stereocenters. The van der Waals surface area contributed by atoms with Crippen molar-refractivity contribution in [1.82, 2.24) is 4.90 Å². The average molecular weight is 282 g/mol. The third kappa shape index (κ3) is 2.37. The smallest absolute Gasteiger partial charge is 0.254 e. The van der Waals surface area contributed by atoms with Crippen LogP contribution in [0.3, 0.4) is 0 Å². The predicted octanol–water partition coefficient (Wildman–Crippen LogP) is 2.65. The van der Waals surface area contributed by atoms with E-state index in [1.165, 1.54) is 6.42 Å². The molecule has 0 atom stereocenters. The van der Waals surface area contributed by atoms with Gasteiger partial charge in [0.2, 0.25) is 6.79 Å². The van der Waals surface area contributed by atoms with E-state index < -0.39 is 0 Å². The average Bonchev–Trinajstić information content (AvgIpc) is 2.82. The van der Waals surface area contributed by atoms with Crippen LogP contribution >= 0.6 is 11.6 Å². The highest BCUT2D eigenvalue weighted by Crippen LogP contribution is 2.33. The maximum absolute atomic E-state index is 12.5. The zero-order valence-corrected chi connectivity index (χ0v) is 11.4. The summed E-state index contributed by atoms with van der Waals surface area (Å²) in [6, 6.07) is 5.67. The second-order valence-electron chi connectivity index (χ2n) is 4.84. The summed E-state index contributed by atoms with van der Waals surface area (Å²) in [5.41, 5.74) is 0.640. The Morgan fingerprint density at radius 2 is 2.11 bits per heavy atom. The van der Waals surface area contributed by atoms with Crippen LogP contribution in [0.25, 0.3) is 0 Å². The Hall–Kier alpha value is -1.42. The van der Waals surface area contributed by atoms with E-state index in [-0.39, 0.29) is 12.7 Å². The van der Waals surface area contributed by atoms with Crippen molar-refractivity contribution < 1.29 is 14.3 Å². The topological polar surface area (TPSA) is 38.8 Å². The molecule has 2 aliphatic rings. The molecular weight excluding hydrogens is 266 g/mol. The lowest BCUT2D eigenvalue weighted by atomic mass is 9.91. The van der Waals surface area contributed by atoms with Gasteiger partial charge in [-0.15, -0.1) is 11.6 Å². The van der Waals surface area contributed by atoms with Gasteiger partial charge in [0.25, 0.3) is 5.91 Å². The summed E-state index contributed by atoms with van der Waals surface area (Å²) in [6.07, 6.45) is 3.35. The lowest BCUT2D eigenvalue weighted by molar-refractivity contribution is 0.0597. The zero-order chi connectivity index (χ0) is 13.2. The molecule has 5 heteroatoms. The van der Waals surface area contributed by atoms with E-state index in [2.05, 4.69) is 0 Å². The molecule has 0 radical (unpaired) electrons. The van der Waals surface area contributed by atoms with Crippen LogP contribution < -0.4 is 9.47 Å². The Labute approximate surface area is 117 Å². The third-order valence-electron chi connectivity index (χ3n) is 3.72.